The molecule has 1 N–H and O–H groups in total. The van der Waals surface area contributed by atoms with E-state index in [-0.39, 0.29) is 35.7 Å². The Kier molecular flexibility index (Phi) is 11.0. The van der Waals surface area contributed by atoms with Crippen LogP contribution in [0.2, 0.25) is 5.02 Å². The van der Waals surface area contributed by atoms with Crippen LogP contribution < -0.4 is 4.90 Å². The first-order chi connectivity index (χ1) is 22.3. The molecule has 3 aliphatic heterocycles. The van der Waals surface area contributed by atoms with Crippen LogP contribution >= 0.6 is 11.6 Å². The third-order valence-electron chi connectivity index (χ3n) is 8.50. The second kappa shape index (κ2) is 14.8. The van der Waals surface area contributed by atoms with Crippen molar-refractivity contribution in [2.45, 2.75) is 23.8 Å². The summed E-state index contributed by atoms with van der Waals surface area (Å²) in [5.74, 6) is -0.364. The standard InChI is InChI=1S/C30H34ClN5O5S.CH4O3S/c31-25-3-1-24-18-27(4-2-23(24)17-25)42(39,40)35-20-28(30(38)34-13-15-41-16-14-34)36(29(37)21-35)19-22-7-11-33(12-8-22)26-5-9-32-10-6-26;1-5(2,3)4/h1-6,9-10,17-18,22,28H,7-8,11-16,19-21H2;1H3,(H,2,3,4). The summed E-state index contributed by atoms with van der Waals surface area (Å²) in [4.78, 5) is 37.3. The number of fused-ring (bicyclic) bond motifs is 1. The van der Waals surface area contributed by atoms with E-state index < -0.39 is 26.2 Å². The fourth-order valence-electron chi connectivity index (χ4n) is 6.10. The minimum atomic E-state index is -4.04. The van der Waals surface area contributed by atoms with E-state index in [9.17, 15) is 26.4 Å². The van der Waals surface area contributed by atoms with Gasteiger partial charge in [-0.05, 0) is 65.9 Å². The summed E-state index contributed by atoms with van der Waals surface area (Å²) in [5.41, 5.74) is 1.12. The molecule has 0 aliphatic carbocycles. The van der Waals surface area contributed by atoms with Crippen molar-refractivity contribution in [1.29, 1.82) is 0 Å². The number of pyridine rings is 1. The largest absolute Gasteiger partial charge is 0.378 e. The Hall–Kier alpha value is -3.34. The van der Waals surface area contributed by atoms with Gasteiger partial charge < -0.3 is 19.4 Å². The van der Waals surface area contributed by atoms with Crippen LogP contribution in [0, 0.1) is 5.92 Å². The molecular formula is C31H38ClN5O8S2. The summed E-state index contributed by atoms with van der Waals surface area (Å²) in [6.45, 7) is 3.39. The van der Waals surface area contributed by atoms with E-state index in [1.807, 2.05) is 12.1 Å². The third kappa shape index (κ3) is 8.97. The quantitative estimate of drug-likeness (QED) is 0.377. The summed E-state index contributed by atoms with van der Waals surface area (Å²) in [5, 5.41) is 2.11. The fraction of sp³-hybridized carbons (Fsp3) is 0.452. The van der Waals surface area contributed by atoms with Gasteiger partial charge in [0.25, 0.3) is 10.1 Å². The molecule has 0 saturated carbocycles. The highest BCUT2D eigenvalue weighted by Crippen LogP contribution is 2.29. The van der Waals surface area contributed by atoms with Crippen LogP contribution in [0.4, 0.5) is 5.69 Å². The van der Waals surface area contributed by atoms with E-state index in [1.54, 1.807) is 52.5 Å². The van der Waals surface area contributed by atoms with Gasteiger partial charge in [-0.25, -0.2) is 8.42 Å². The van der Waals surface area contributed by atoms with E-state index >= 15 is 0 Å². The smallest absolute Gasteiger partial charge is 0.261 e. The average molecular weight is 708 g/mol. The SMILES string of the molecule is CS(=O)(=O)O.O=C(C1CN(S(=O)(=O)c2ccc3cc(Cl)ccc3c2)CC(=O)N1CC1CCN(c2ccncc2)CC1)N1CCOCC1. The number of amides is 2. The van der Waals surface area contributed by atoms with Crippen molar-refractivity contribution < 1.29 is 35.7 Å². The first-order valence-corrected chi connectivity index (χ1v) is 18.9. The van der Waals surface area contributed by atoms with Crippen LogP contribution in [0.5, 0.6) is 0 Å². The number of benzene rings is 2. The zero-order chi connectivity index (χ0) is 33.8. The van der Waals surface area contributed by atoms with Gasteiger partial charge in [0, 0.05) is 62.4 Å². The average Bonchev–Trinajstić information content (AvgIpc) is 3.05. The molecule has 0 bridgehead atoms. The molecule has 3 fully saturated rings. The topological polar surface area (TPSA) is 158 Å². The lowest BCUT2D eigenvalue weighted by molar-refractivity contribution is -0.152. The van der Waals surface area contributed by atoms with Crippen molar-refractivity contribution in [3.63, 3.8) is 0 Å². The molecule has 2 amide bonds. The van der Waals surface area contributed by atoms with Crippen molar-refractivity contribution in [3.8, 4) is 0 Å². The molecule has 0 radical (unpaired) electrons. The van der Waals surface area contributed by atoms with Gasteiger partial charge in [-0.2, -0.15) is 12.7 Å². The van der Waals surface area contributed by atoms with Crippen molar-refractivity contribution in [1.82, 2.24) is 19.1 Å². The molecule has 254 valence electrons. The van der Waals surface area contributed by atoms with Gasteiger partial charge in [0.15, 0.2) is 0 Å². The Labute approximate surface area is 279 Å². The summed E-state index contributed by atoms with van der Waals surface area (Å²) in [7, 11) is -7.71. The lowest BCUT2D eigenvalue weighted by Gasteiger charge is -2.44. The van der Waals surface area contributed by atoms with E-state index in [4.69, 9.17) is 20.9 Å². The number of piperazine rings is 1. The normalized spacial score (nSPS) is 20.2. The number of nitrogens with zero attached hydrogens (tertiary/aromatic N) is 5. The van der Waals surface area contributed by atoms with Crippen LogP contribution in [-0.2, 0) is 34.5 Å². The highest BCUT2D eigenvalue weighted by Gasteiger charge is 2.44. The highest BCUT2D eigenvalue weighted by atomic mass is 35.5. The van der Waals surface area contributed by atoms with Crippen LogP contribution in [0.3, 0.4) is 0 Å². The fourth-order valence-corrected chi connectivity index (χ4v) is 7.71. The Morgan fingerprint density at radius 3 is 2.23 bits per heavy atom. The van der Waals surface area contributed by atoms with E-state index in [2.05, 4.69) is 9.88 Å². The molecule has 1 atom stereocenters. The Bertz CT molecular complexity index is 1790. The lowest BCUT2D eigenvalue weighted by atomic mass is 9.94. The molecule has 16 heteroatoms. The number of hydrogen-bond acceptors (Lipinski definition) is 9. The molecule has 4 heterocycles. The molecule has 3 saturated heterocycles. The number of sulfonamides is 1. The van der Waals surface area contributed by atoms with Crippen molar-refractivity contribution >= 4 is 60.0 Å². The van der Waals surface area contributed by atoms with Crippen molar-refractivity contribution in [2.75, 3.05) is 70.2 Å². The highest BCUT2D eigenvalue weighted by molar-refractivity contribution is 7.89. The van der Waals surface area contributed by atoms with Crippen LogP contribution in [0.25, 0.3) is 10.8 Å². The van der Waals surface area contributed by atoms with E-state index in [0.29, 0.717) is 44.1 Å². The maximum Gasteiger partial charge on any atom is 0.261 e. The Balaban J connectivity index is 0.000000807. The molecular weight excluding hydrogens is 670 g/mol. The molecule has 13 nitrogen and oxygen atoms in total. The number of piperidine rings is 1. The molecule has 2 aromatic carbocycles. The number of morpholine rings is 1. The summed E-state index contributed by atoms with van der Waals surface area (Å²) in [6.07, 6.45) is 6.01. The predicted octanol–water partition coefficient (Wildman–Crippen LogP) is 2.37. The molecule has 3 aromatic rings. The number of anilines is 1. The van der Waals surface area contributed by atoms with Crippen molar-refractivity contribution in [3.05, 3.63) is 65.9 Å². The molecule has 47 heavy (non-hydrogen) atoms. The van der Waals surface area contributed by atoms with Gasteiger partial charge >= 0.3 is 0 Å². The van der Waals surface area contributed by atoms with Gasteiger partial charge in [0.2, 0.25) is 21.8 Å². The number of ether oxygens (including phenoxy) is 1. The second-order valence-electron chi connectivity index (χ2n) is 11.8. The molecule has 1 unspecified atom stereocenters. The number of carbonyl (C=O) groups excluding carboxylic acids is 2. The number of aromatic nitrogens is 1. The summed E-state index contributed by atoms with van der Waals surface area (Å²) < 4.78 is 60.1. The Morgan fingerprint density at radius 1 is 0.957 bits per heavy atom. The monoisotopic (exact) mass is 707 g/mol. The van der Waals surface area contributed by atoms with Gasteiger partial charge in [0.05, 0.1) is 30.9 Å². The van der Waals surface area contributed by atoms with E-state index in [0.717, 1.165) is 46.7 Å². The van der Waals surface area contributed by atoms with Gasteiger partial charge in [-0.15, -0.1) is 0 Å². The number of rotatable bonds is 6. The minimum absolute atomic E-state index is 0.0830. The number of hydrogen-bond donors (Lipinski definition) is 1. The molecule has 0 spiro atoms. The summed E-state index contributed by atoms with van der Waals surface area (Å²) >= 11 is 6.10. The first kappa shape index (κ1) is 35.0. The zero-order valence-electron chi connectivity index (χ0n) is 25.9. The number of halogens is 1. The lowest BCUT2D eigenvalue weighted by Crippen LogP contribution is -2.64. The molecule has 3 aliphatic rings. The van der Waals surface area contributed by atoms with Gasteiger partial charge in [-0.3, -0.25) is 19.1 Å². The maximum absolute atomic E-state index is 13.8. The van der Waals surface area contributed by atoms with Crippen LogP contribution in [0.15, 0.2) is 65.8 Å². The predicted molar refractivity (Wildman–Crippen MR) is 177 cm³/mol. The van der Waals surface area contributed by atoms with Gasteiger partial charge in [0.1, 0.15) is 6.04 Å². The second-order valence-corrected chi connectivity index (χ2v) is 15.7. The summed E-state index contributed by atoms with van der Waals surface area (Å²) in [6, 6.07) is 13.2. The minimum Gasteiger partial charge on any atom is -0.378 e. The molecule has 1 aromatic heterocycles. The third-order valence-corrected chi connectivity index (χ3v) is 10.5. The van der Waals surface area contributed by atoms with Crippen LogP contribution in [0.1, 0.15) is 12.8 Å². The Morgan fingerprint density at radius 2 is 1.57 bits per heavy atom. The zero-order valence-corrected chi connectivity index (χ0v) is 28.3. The number of carbonyl (C=O) groups is 2. The first-order valence-electron chi connectivity index (χ1n) is 15.2. The van der Waals surface area contributed by atoms with Gasteiger partial charge in [-0.1, -0.05) is 23.7 Å². The molecule has 6 rings (SSSR count). The van der Waals surface area contributed by atoms with E-state index in [1.165, 1.54) is 6.07 Å². The maximum atomic E-state index is 13.8. The van der Waals surface area contributed by atoms with Crippen molar-refractivity contribution in [2.24, 2.45) is 5.92 Å². The van der Waals surface area contributed by atoms with Crippen LogP contribution in [-0.4, -0.2) is 124 Å².